The first-order valence-electron chi connectivity index (χ1n) is 5.34. The Morgan fingerprint density at radius 1 is 1.35 bits per heavy atom. The lowest BCUT2D eigenvalue weighted by atomic mass is 10.2. The van der Waals surface area contributed by atoms with E-state index >= 15 is 0 Å². The van der Waals surface area contributed by atoms with Gasteiger partial charge >= 0.3 is 6.18 Å². The summed E-state index contributed by atoms with van der Waals surface area (Å²) in [7, 11) is 0. The molecule has 2 rings (SSSR count). The van der Waals surface area contributed by atoms with E-state index in [9.17, 15) is 13.2 Å². The van der Waals surface area contributed by atoms with Crippen LogP contribution in [-0.4, -0.2) is 15.2 Å². The van der Waals surface area contributed by atoms with E-state index in [1.54, 1.807) is 6.92 Å². The fraction of sp³-hybridized carbons (Fsp3) is 0.182. The summed E-state index contributed by atoms with van der Waals surface area (Å²) in [5, 5.41) is 8.71. The molecule has 0 bridgehead atoms. The molecule has 2 aromatic rings. The van der Waals surface area contributed by atoms with E-state index in [2.05, 4.69) is 20.5 Å². The highest BCUT2D eigenvalue weighted by atomic mass is 35.5. The lowest BCUT2D eigenvalue weighted by Crippen LogP contribution is -2.07. The third-order valence-electron chi connectivity index (χ3n) is 2.41. The summed E-state index contributed by atoms with van der Waals surface area (Å²) in [6.45, 7) is 1.64. The van der Waals surface area contributed by atoms with E-state index in [4.69, 9.17) is 23.8 Å². The number of hydrogen-bond acceptors (Lipinski definition) is 4. The normalized spacial score (nSPS) is 11.4. The van der Waals surface area contributed by atoms with Crippen LogP contribution in [-0.2, 0) is 6.18 Å². The zero-order valence-electron chi connectivity index (χ0n) is 10.0. The first kappa shape index (κ1) is 14.7. The number of aryl methyl sites for hydroxylation is 1. The Bertz CT molecular complexity index is 699. The molecular weight excluding hydrogens is 313 g/mol. The molecule has 0 aliphatic heterocycles. The zero-order valence-corrected chi connectivity index (χ0v) is 11.6. The number of nitrogens with zero attached hydrogens (tertiary/aromatic N) is 2. The first-order chi connectivity index (χ1) is 9.27. The molecule has 0 spiro atoms. The lowest BCUT2D eigenvalue weighted by Gasteiger charge is -2.12. The van der Waals surface area contributed by atoms with E-state index in [1.165, 1.54) is 12.1 Å². The van der Waals surface area contributed by atoms with Crippen molar-refractivity contribution in [2.24, 2.45) is 0 Å². The molecule has 20 heavy (non-hydrogen) atoms. The number of aromatic nitrogens is 3. The van der Waals surface area contributed by atoms with E-state index in [1.807, 2.05) is 0 Å². The molecule has 1 aromatic heterocycles. The van der Waals surface area contributed by atoms with Crippen LogP contribution in [0.2, 0.25) is 5.02 Å². The van der Waals surface area contributed by atoms with Crippen molar-refractivity contribution in [3.8, 4) is 0 Å². The number of benzene rings is 1. The summed E-state index contributed by atoms with van der Waals surface area (Å²) in [5.41, 5.74) is -0.252. The Kier molecular flexibility index (Phi) is 3.96. The van der Waals surface area contributed by atoms with Gasteiger partial charge in [-0.2, -0.15) is 23.3 Å². The molecule has 0 unspecified atom stereocenters. The molecule has 0 atom stereocenters. The van der Waals surface area contributed by atoms with Crippen molar-refractivity contribution in [2.75, 3.05) is 5.32 Å². The molecule has 0 radical (unpaired) electrons. The molecule has 9 heteroatoms. The van der Waals surface area contributed by atoms with Gasteiger partial charge in [-0.3, -0.25) is 5.10 Å². The minimum Gasteiger partial charge on any atom is -0.339 e. The van der Waals surface area contributed by atoms with Crippen molar-refractivity contribution in [2.45, 2.75) is 13.1 Å². The summed E-state index contributed by atoms with van der Waals surface area (Å²) >= 11 is 10.4. The number of H-pyrrole nitrogens is 1. The van der Waals surface area contributed by atoms with Crippen molar-refractivity contribution in [3.05, 3.63) is 39.3 Å². The van der Waals surface area contributed by atoms with Crippen LogP contribution in [0.15, 0.2) is 18.2 Å². The van der Waals surface area contributed by atoms with Crippen LogP contribution in [0, 0.1) is 11.7 Å². The monoisotopic (exact) mass is 320 g/mol. The van der Waals surface area contributed by atoms with Gasteiger partial charge in [-0.15, -0.1) is 0 Å². The fourth-order valence-electron chi connectivity index (χ4n) is 1.47. The van der Waals surface area contributed by atoms with Crippen LogP contribution in [0.25, 0.3) is 0 Å². The summed E-state index contributed by atoms with van der Waals surface area (Å²) in [5.74, 6) is 0.282. The summed E-state index contributed by atoms with van der Waals surface area (Å²) in [6, 6.07) is 3.49. The topological polar surface area (TPSA) is 53.6 Å². The Morgan fingerprint density at radius 3 is 2.70 bits per heavy atom. The second-order valence-corrected chi connectivity index (χ2v) is 4.69. The van der Waals surface area contributed by atoms with Crippen molar-refractivity contribution < 1.29 is 13.2 Å². The first-order valence-corrected chi connectivity index (χ1v) is 6.13. The molecule has 0 fully saturated rings. The van der Waals surface area contributed by atoms with Crippen LogP contribution in [0.3, 0.4) is 0 Å². The third kappa shape index (κ3) is 3.26. The number of hydrogen-bond donors (Lipinski definition) is 2. The molecule has 106 valence electrons. The molecular formula is C11H8ClF3N4S. The van der Waals surface area contributed by atoms with Crippen LogP contribution >= 0.6 is 23.8 Å². The maximum absolute atomic E-state index is 12.7. The van der Waals surface area contributed by atoms with Gasteiger partial charge in [0.25, 0.3) is 0 Å². The molecule has 0 aliphatic carbocycles. The Morgan fingerprint density at radius 2 is 2.05 bits per heavy atom. The number of rotatable bonds is 2. The van der Waals surface area contributed by atoms with Crippen LogP contribution < -0.4 is 5.32 Å². The zero-order chi connectivity index (χ0) is 14.9. The van der Waals surface area contributed by atoms with E-state index in [-0.39, 0.29) is 21.3 Å². The SMILES string of the molecule is Cc1n[nH]c(=S)nc1Nc1ccc(Cl)c(C(F)(F)F)c1. The highest BCUT2D eigenvalue weighted by Gasteiger charge is 2.33. The fourth-order valence-corrected chi connectivity index (χ4v) is 1.83. The van der Waals surface area contributed by atoms with Gasteiger partial charge in [0.1, 0.15) is 5.69 Å². The minimum absolute atomic E-state index is 0.128. The smallest absolute Gasteiger partial charge is 0.339 e. The molecule has 0 saturated heterocycles. The van der Waals surface area contributed by atoms with Gasteiger partial charge in [0, 0.05) is 5.69 Å². The van der Waals surface area contributed by atoms with Crippen LogP contribution in [0.4, 0.5) is 24.7 Å². The van der Waals surface area contributed by atoms with Crippen LogP contribution in [0.5, 0.6) is 0 Å². The minimum atomic E-state index is -4.52. The molecule has 4 nitrogen and oxygen atoms in total. The van der Waals surface area contributed by atoms with Crippen molar-refractivity contribution in [1.29, 1.82) is 0 Å². The second kappa shape index (κ2) is 5.37. The highest BCUT2D eigenvalue weighted by Crippen LogP contribution is 2.36. The van der Waals surface area contributed by atoms with Gasteiger partial charge in [0.2, 0.25) is 4.77 Å². The molecule has 2 N–H and O–H groups in total. The average Bonchev–Trinajstić information content (AvgIpc) is 2.35. The van der Waals surface area contributed by atoms with E-state index in [0.717, 1.165) is 6.07 Å². The standard InChI is InChI=1S/C11H8ClF3N4S/c1-5-9(17-10(20)19-18-5)16-6-2-3-8(12)7(4-6)11(13,14)15/h2-4H,1H3,(H2,16,17,19,20). The number of anilines is 2. The largest absolute Gasteiger partial charge is 0.417 e. The highest BCUT2D eigenvalue weighted by molar-refractivity contribution is 7.71. The van der Waals surface area contributed by atoms with E-state index < -0.39 is 11.7 Å². The molecule has 0 aliphatic rings. The Labute approximate surface area is 122 Å². The van der Waals surface area contributed by atoms with Crippen LogP contribution in [0.1, 0.15) is 11.3 Å². The summed E-state index contributed by atoms with van der Waals surface area (Å²) < 4.78 is 38.4. The molecule has 1 aromatic carbocycles. The summed E-state index contributed by atoms with van der Waals surface area (Å²) in [4.78, 5) is 3.95. The Hall–Kier alpha value is -1.67. The number of halogens is 4. The third-order valence-corrected chi connectivity index (χ3v) is 2.92. The molecule has 1 heterocycles. The van der Waals surface area contributed by atoms with Gasteiger partial charge in [0.05, 0.1) is 10.6 Å². The predicted octanol–water partition coefficient (Wildman–Crippen LogP) is 4.26. The average molecular weight is 321 g/mol. The van der Waals surface area contributed by atoms with Crippen molar-refractivity contribution in [3.63, 3.8) is 0 Å². The lowest BCUT2D eigenvalue weighted by molar-refractivity contribution is -0.137. The molecule has 0 saturated carbocycles. The quantitative estimate of drug-likeness (QED) is 0.812. The van der Waals surface area contributed by atoms with E-state index in [0.29, 0.717) is 5.69 Å². The predicted molar refractivity (Wildman–Crippen MR) is 71.7 cm³/mol. The summed E-state index contributed by atoms with van der Waals surface area (Å²) in [6.07, 6.45) is -4.52. The maximum Gasteiger partial charge on any atom is 0.417 e. The number of nitrogens with one attached hydrogen (secondary N) is 2. The Balaban J connectivity index is 2.40. The molecule has 0 amide bonds. The number of aromatic amines is 1. The van der Waals surface area contributed by atoms with Gasteiger partial charge in [-0.05, 0) is 37.3 Å². The number of alkyl halides is 3. The van der Waals surface area contributed by atoms with Gasteiger partial charge in [0.15, 0.2) is 5.82 Å². The van der Waals surface area contributed by atoms with Gasteiger partial charge in [-0.1, -0.05) is 11.6 Å². The van der Waals surface area contributed by atoms with Crippen molar-refractivity contribution in [1.82, 2.24) is 15.2 Å². The second-order valence-electron chi connectivity index (χ2n) is 3.89. The maximum atomic E-state index is 12.7. The van der Waals surface area contributed by atoms with Gasteiger partial charge < -0.3 is 5.32 Å². The van der Waals surface area contributed by atoms with Crippen molar-refractivity contribution >= 4 is 35.3 Å². The van der Waals surface area contributed by atoms with Gasteiger partial charge in [-0.25, -0.2) is 0 Å².